The number of ether oxygens (including phenoxy) is 2. The number of carbonyl (C=O) groups is 3. The zero-order valence-corrected chi connectivity index (χ0v) is 19.4. The lowest BCUT2D eigenvalue weighted by Crippen LogP contribution is -2.49. The van der Waals surface area contributed by atoms with Crippen LogP contribution in [0.5, 0.6) is 11.5 Å². The molecule has 0 radical (unpaired) electrons. The molecule has 1 atom stereocenters. The quantitative estimate of drug-likeness (QED) is 0.643. The first kappa shape index (κ1) is 22.7. The van der Waals surface area contributed by atoms with E-state index in [9.17, 15) is 14.4 Å². The Hall–Kier alpha value is -4.06. The van der Waals surface area contributed by atoms with Crippen molar-refractivity contribution in [2.24, 2.45) is 0 Å². The molecule has 35 heavy (non-hydrogen) atoms. The molecule has 9 heteroatoms. The van der Waals surface area contributed by atoms with Crippen LogP contribution in [0.2, 0.25) is 0 Å². The smallest absolute Gasteiger partial charge is 0.325 e. The van der Waals surface area contributed by atoms with Crippen molar-refractivity contribution in [2.45, 2.75) is 43.7 Å². The number of hydrogen-bond donors (Lipinski definition) is 2. The molecular formula is C26H26N4O5. The van der Waals surface area contributed by atoms with Crippen LogP contribution in [0, 0.1) is 11.3 Å². The predicted molar refractivity (Wildman–Crippen MR) is 124 cm³/mol. The molecular weight excluding hydrogens is 448 g/mol. The van der Waals surface area contributed by atoms with Crippen molar-refractivity contribution in [1.29, 1.82) is 5.26 Å². The lowest BCUT2D eigenvalue weighted by molar-refractivity contribution is -0.135. The van der Waals surface area contributed by atoms with Crippen LogP contribution in [0.1, 0.15) is 49.3 Å². The van der Waals surface area contributed by atoms with Gasteiger partial charge in [-0.1, -0.05) is 31.0 Å². The van der Waals surface area contributed by atoms with Gasteiger partial charge >= 0.3 is 6.03 Å². The van der Waals surface area contributed by atoms with E-state index in [1.54, 1.807) is 31.2 Å². The molecule has 2 aromatic carbocycles. The van der Waals surface area contributed by atoms with E-state index < -0.39 is 28.9 Å². The van der Waals surface area contributed by atoms with Gasteiger partial charge in [-0.25, -0.2) is 4.79 Å². The van der Waals surface area contributed by atoms with Gasteiger partial charge in [-0.3, -0.25) is 14.5 Å². The number of nitrogens with zero attached hydrogens (tertiary/aromatic N) is 2. The number of fused-ring (bicyclic) bond motifs is 1. The van der Waals surface area contributed by atoms with Gasteiger partial charge in [0.05, 0.1) is 17.2 Å². The van der Waals surface area contributed by atoms with Crippen molar-refractivity contribution in [1.82, 2.24) is 15.5 Å². The van der Waals surface area contributed by atoms with Crippen LogP contribution >= 0.6 is 0 Å². The number of benzene rings is 2. The SMILES string of the molecule is CC1(c2ccc(C#N)cc2)NC(=O)N(CC(=O)NC2(c3ccc4c(c3)OCCO4)CCCC2)C1=O. The van der Waals surface area contributed by atoms with Crippen LogP contribution in [-0.2, 0) is 20.7 Å². The second kappa shape index (κ2) is 8.62. The average molecular weight is 475 g/mol. The molecule has 0 spiro atoms. The summed E-state index contributed by atoms with van der Waals surface area (Å²) in [6, 6.07) is 13.6. The van der Waals surface area contributed by atoms with Crippen molar-refractivity contribution in [2.75, 3.05) is 19.8 Å². The fourth-order valence-corrected chi connectivity index (χ4v) is 5.17. The van der Waals surface area contributed by atoms with E-state index in [0.717, 1.165) is 36.1 Å². The number of rotatable bonds is 5. The second-order valence-corrected chi connectivity index (χ2v) is 9.33. The summed E-state index contributed by atoms with van der Waals surface area (Å²) < 4.78 is 11.3. The monoisotopic (exact) mass is 474 g/mol. The first-order valence-corrected chi connectivity index (χ1v) is 11.7. The topological polar surface area (TPSA) is 121 Å². The molecule has 1 aliphatic carbocycles. The van der Waals surface area contributed by atoms with E-state index in [-0.39, 0.29) is 6.54 Å². The molecule has 0 bridgehead atoms. The zero-order chi connectivity index (χ0) is 24.6. The van der Waals surface area contributed by atoms with Crippen molar-refractivity contribution >= 4 is 17.8 Å². The van der Waals surface area contributed by atoms with E-state index in [1.165, 1.54) is 0 Å². The number of urea groups is 1. The van der Waals surface area contributed by atoms with Crippen LogP contribution in [-0.4, -0.2) is 42.5 Å². The minimum Gasteiger partial charge on any atom is -0.486 e. The standard InChI is InChI=1S/C26H26N4O5/c1-25(18-6-4-17(15-27)5-7-18)23(32)30(24(33)29-25)16-22(31)28-26(10-2-3-11-26)19-8-9-20-21(14-19)35-13-12-34-20/h4-9,14H,2-3,10-13,16H2,1H3,(H,28,31)(H,29,33). The summed E-state index contributed by atoms with van der Waals surface area (Å²) >= 11 is 0. The van der Waals surface area contributed by atoms with Crippen molar-refractivity contribution < 1.29 is 23.9 Å². The highest BCUT2D eigenvalue weighted by molar-refractivity contribution is 6.09. The Kier molecular flexibility index (Phi) is 5.59. The molecule has 1 saturated heterocycles. The molecule has 1 saturated carbocycles. The number of imide groups is 1. The molecule has 5 rings (SSSR count). The third-order valence-electron chi connectivity index (χ3n) is 7.10. The van der Waals surface area contributed by atoms with Gasteiger partial charge in [-0.2, -0.15) is 5.26 Å². The maximum atomic E-state index is 13.2. The molecule has 2 aromatic rings. The lowest BCUT2D eigenvalue weighted by Gasteiger charge is -2.32. The third-order valence-corrected chi connectivity index (χ3v) is 7.10. The molecule has 9 nitrogen and oxygen atoms in total. The van der Waals surface area contributed by atoms with Crippen LogP contribution in [0.25, 0.3) is 0 Å². The average Bonchev–Trinajstić information content (AvgIpc) is 3.43. The first-order chi connectivity index (χ1) is 16.8. The fraction of sp³-hybridized carbons (Fsp3) is 0.385. The van der Waals surface area contributed by atoms with E-state index in [0.29, 0.717) is 35.8 Å². The molecule has 4 amide bonds. The molecule has 0 aromatic heterocycles. The molecule has 2 aliphatic heterocycles. The minimum atomic E-state index is -1.31. The highest BCUT2D eigenvalue weighted by Gasteiger charge is 2.50. The first-order valence-electron chi connectivity index (χ1n) is 11.7. The molecule has 2 N–H and O–H groups in total. The fourth-order valence-electron chi connectivity index (χ4n) is 5.17. The lowest BCUT2D eigenvalue weighted by atomic mass is 9.87. The number of nitriles is 1. The molecule has 2 heterocycles. The Morgan fingerprint density at radius 3 is 2.40 bits per heavy atom. The van der Waals surface area contributed by atoms with Gasteiger partial charge in [0.2, 0.25) is 5.91 Å². The maximum Gasteiger partial charge on any atom is 0.325 e. The van der Waals surface area contributed by atoms with Crippen molar-refractivity contribution in [3.8, 4) is 17.6 Å². The van der Waals surface area contributed by atoms with Gasteiger partial charge in [-0.15, -0.1) is 0 Å². The highest BCUT2D eigenvalue weighted by Crippen LogP contribution is 2.42. The largest absolute Gasteiger partial charge is 0.486 e. The van der Waals surface area contributed by atoms with Crippen molar-refractivity contribution in [3.05, 3.63) is 59.2 Å². The summed E-state index contributed by atoms with van der Waals surface area (Å²) in [4.78, 5) is 40.1. The van der Waals surface area contributed by atoms with Gasteiger partial charge in [-0.05, 0) is 55.2 Å². The number of amides is 4. The summed E-state index contributed by atoms with van der Waals surface area (Å²) in [5.41, 5.74) is 0.00864. The molecule has 1 unspecified atom stereocenters. The number of nitrogens with one attached hydrogen (secondary N) is 2. The number of carbonyl (C=O) groups excluding carboxylic acids is 3. The second-order valence-electron chi connectivity index (χ2n) is 9.33. The van der Waals surface area contributed by atoms with Crippen LogP contribution in [0.3, 0.4) is 0 Å². The van der Waals surface area contributed by atoms with E-state index in [1.807, 2.05) is 24.3 Å². The van der Waals surface area contributed by atoms with Crippen LogP contribution in [0.4, 0.5) is 4.79 Å². The Balaban J connectivity index is 1.33. The molecule has 2 fully saturated rings. The minimum absolute atomic E-state index is 0.386. The summed E-state index contributed by atoms with van der Waals surface area (Å²) in [6.07, 6.45) is 3.41. The molecule has 3 aliphatic rings. The Bertz CT molecular complexity index is 1230. The third kappa shape index (κ3) is 3.95. The van der Waals surface area contributed by atoms with Gasteiger partial charge in [0, 0.05) is 0 Å². The Morgan fingerprint density at radius 1 is 1.06 bits per heavy atom. The van der Waals surface area contributed by atoms with E-state index >= 15 is 0 Å². The van der Waals surface area contributed by atoms with Gasteiger partial charge in [0.25, 0.3) is 5.91 Å². The van der Waals surface area contributed by atoms with Crippen molar-refractivity contribution in [3.63, 3.8) is 0 Å². The number of hydrogen-bond acceptors (Lipinski definition) is 6. The molecule has 180 valence electrons. The van der Waals surface area contributed by atoms with Gasteiger partial charge < -0.3 is 20.1 Å². The maximum absolute atomic E-state index is 13.2. The van der Waals surface area contributed by atoms with Crippen LogP contribution < -0.4 is 20.1 Å². The van der Waals surface area contributed by atoms with Gasteiger partial charge in [0.15, 0.2) is 11.5 Å². The van der Waals surface area contributed by atoms with Gasteiger partial charge in [0.1, 0.15) is 25.3 Å². The summed E-state index contributed by atoms with van der Waals surface area (Å²) in [5.74, 6) is 0.416. The summed E-state index contributed by atoms with van der Waals surface area (Å²) in [5, 5.41) is 14.8. The van der Waals surface area contributed by atoms with E-state index in [4.69, 9.17) is 14.7 Å². The van der Waals surface area contributed by atoms with E-state index in [2.05, 4.69) is 10.6 Å². The normalized spacial score (nSPS) is 22.5. The summed E-state index contributed by atoms with van der Waals surface area (Å²) in [7, 11) is 0. The van der Waals surface area contributed by atoms with Crippen LogP contribution in [0.15, 0.2) is 42.5 Å². The Labute approximate surface area is 203 Å². The Morgan fingerprint density at radius 2 is 1.71 bits per heavy atom. The zero-order valence-electron chi connectivity index (χ0n) is 19.4. The predicted octanol–water partition coefficient (Wildman–Crippen LogP) is 2.68. The highest BCUT2D eigenvalue weighted by atomic mass is 16.6. The summed E-state index contributed by atoms with van der Waals surface area (Å²) in [6.45, 7) is 2.19.